The molecule has 0 heterocycles. The highest BCUT2D eigenvalue weighted by Gasteiger charge is 1.95. The van der Waals surface area contributed by atoms with Crippen LogP contribution in [0, 0.1) is 0 Å². The molecule has 78 valence electrons. The van der Waals surface area contributed by atoms with Crippen LogP contribution in [0.2, 0.25) is 0 Å². The molecule has 0 aromatic carbocycles. The molecule has 0 fully saturated rings. The predicted octanol–water partition coefficient (Wildman–Crippen LogP) is 1.23. The van der Waals surface area contributed by atoms with E-state index in [-0.39, 0.29) is 0 Å². The van der Waals surface area contributed by atoms with Gasteiger partial charge in [-0.05, 0) is 6.42 Å². The summed E-state index contributed by atoms with van der Waals surface area (Å²) in [6.45, 7) is 1.92. The maximum absolute atomic E-state index is 10.2. The van der Waals surface area contributed by atoms with E-state index >= 15 is 0 Å². The van der Waals surface area contributed by atoms with Gasteiger partial charge in [-0.3, -0.25) is 0 Å². The highest BCUT2D eigenvalue weighted by Crippen LogP contribution is 1.87. The normalized spacial score (nSPS) is 8.23. The number of hydrogen-bond donors (Lipinski definition) is 2. The topological polar surface area (TPSA) is 83.8 Å². The van der Waals surface area contributed by atoms with Gasteiger partial charge in [0.05, 0.1) is 6.61 Å². The fourth-order valence-corrected chi connectivity index (χ4v) is 0.376. The average molecular weight is 213 g/mol. The molecule has 5 nitrogen and oxygen atoms in total. The number of rotatable bonds is 4. The van der Waals surface area contributed by atoms with Crippen molar-refractivity contribution in [1.29, 1.82) is 0 Å². The Hall–Kier alpha value is -0.810. The van der Waals surface area contributed by atoms with Crippen molar-refractivity contribution in [2.75, 3.05) is 13.2 Å². The van der Waals surface area contributed by atoms with Gasteiger partial charge in [-0.1, -0.05) is 13.3 Å². The minimum atomic E-state index is -1.36. The molecular formula is C7H13ClO5. The lowest BCUT2D eigenvalue weighted by atomic mass is 10.4. The molecule has 0 aromatic heterocycles. The van der Waals surface area contributed by atoms with Crippen LogP contribution in [-0.2, 0) is 9.53 Å². The maximum Gasteiger partial charge on any atom is 0.401 e. The summed E-state index contributed by atoms with van der Waals surface area (Å²) in [5, 5.41) is 15.3. The number of aliphatic hydroxyl groups excluding tert-OH is 1. The third-order valence-electron chi connectivity index (χ3n) is 0.890. The van der Waals surface area contributed by atoms with Crippen molar-refractivity contribution in [3.63, 3.8) is 0 Å². The number of carbonyl (C=O) groups is 2. The number of aliphatic hydroxyl groups is 1. The van der Waals surface area contributed by atoms with E-state index in [2.05, 4.69) is 16.3 Å². The van der Waals surface area contributed by atoms with Crippen molar-refractivity contribution in [1.82, 2.24) is 0 Å². The summed E-state index contributed by atoms with van der Waals surface area (Å²) in [5.74, 6) is -0.538. The molecule has 0 rings (SSSR count). The van der Waals surface area contributed by atoms with E-state index in [0.29, 0.717) is 6.61 Å². The van der Waals surface area contributed by atoms with Crippen LogP contribution in [0.5, 0.6) is 0 Å². The third kappa shape index (κ3) is 24.7. The van der Waals surface area contributed by atoms with Crippen LogP contribution in [0.25, 0.3) is 0 Å². The second kappa shape index (κ2) is 11.2. The van der Waals surface area contributed by atoms with E-state index in [9.17, 15) is 4.79 Å². The summed E-state index contributed by atoms with van der Waals surface area (Å²) in [4.78, 5) is 19.0. The lowest BCUT2D eigenvalue weighted by Gasteiger charge is -1.98. The Kier molecular flexibility index (Phi) is 12.7. The molecule has 0 aliphatic rings. The van der Waals surface area contributed by atoms with E-state index in [1.807, 2.05) is 6.92 Å². The van der Waals surface area contributed by atoms with E-state index in [0.717, 1.165) is 12.8 Å². The van der Waals surface area contributed by atoms with Gasteiger partial charge in [0.25, 0.3) is 0 Å². The van der Waals surface area contributed by atoms with Gasteiger partial charge in [0.15, 0.2) is 0 Å². The van der Waals surface area contributed by atoms with Crippen molar-refractivity contribution >= 4 is 23.0 Å². The lowest BCUT2D eigenvalue weighted by molar-refractivity contribution is -0.146. The predicted molar refractivity (Wildman–Crippen MR) is 46.8 cm³/mol. The van der Waals surface area contributed by atoms with Crippen LogP contribution in [0.1, 0.15) is 19.8 Å². The summed E-state index contributed by atoms with van der Waals surface area (Å²) in [7, 11) is 0. The van der Waals surface area contributed by atoms with E-state index in [1.165, 1.54) is 0 Å². The minimum Gasteiger partial charge on any atom is -0.469 e. The van der Waals surface area contributed by atoms with Crippen molar-refractivity contribution < 1.29 is 24.5 Å². The molecule has 0 unspecified atom stereocenters. The molecule has 2 N–H and O–H groups in total. The van der Waals surface area contributed by atoms with Crippen LogP contribution in [-0.4, -0.2) is 34.8 Å². The van der Waals surface area contributed by atoms with Gasteiger partial charge in [-0.2, -0.15) is 0 Å². The van der Waals surface area contributed by atoms with Gasteiger partial charge in [0.2, 0.25) is 0 Å². The number of unbranched alkanes of at least 4 members (excludes halogenated alkanes) is 1. The summed E-state index contributed by atoms with van der Waals surface area (Å²) in [5.41, 5.74) is -1.36. The Morgan fingerprint density at radius 1 is 1.46 bits per heavy atom. The van der Waals surface area contributed by atoms with Crippen LogP contribution in [0.3, 0.4) is 0 Å². The molecule has 0 bridgehead atoms. The molecule has 0 saturated carbocycles. The summed E-state index contributed by atoms with van der Waals surface area (Å²) >= 11 is 4.19. The van der Waals surface area contributed by atoms with Crippen LogP contribution >= 0.6 is 11.6 Å². The molecule has 0 aromatic rings. The van der Waals surface area contributed by atoms with Crippen molar-refractivity contribution in [2.45, 2.75) is 19.8 Å². The van der Waals surface area contributed by atoms with E-state index < -0.39 is 18.0 Å². The largest absolute Gasteiger partial charge is 0.469 e. The first-order valence-corrected chi connectivity index (χ1v) is 4.07. The van der Waals surface area contributed by atoms with E-state index in [1.54, 1.807) is 0 Å². The van der Waals surface area contributed by atoms with Crippen molar-refractivity contribution in [2.24, 2.45) is 0 Å². The summed E-state index contributed by atoms with van der Waals surface area (Å²) < 4.78 is 4.54. The van der Waals surface area contributed by atoms with Crippen molar-refractivity contribution in [3.8, 4) is 0 Å². The van der Waals surface area contributed by atoms with Crippen LogP contribution in [0.4, 0.5) is 4.79 Å². The molecular weight excluding hydrogens is 200 g/mol. The lowest BCUT2D eigenvalue weighted by Crippen LogP contribution is -2.09. The van der Waals surface area contributed by atoms with Gasteiger partial charge in [-0.15, -0.1) is 0 Å². The molecule has 0 amide bonds. The molecule has 0 aliphatic heterocycles. The van der Waals surface area contributed by atoms with E-state index in [4.69, 9.17) is 15.0 Å². The number of esters is 1. The highest BCUT2D eigenvalue weighted by molar-refractivity contribution is 6.60. The quantitative estimate of drug-likeness (QED) is 0.416. The molecule has 0 spiro atoms. The zero-order chi connectivity index (χ0) is 10.7. The first-order chi connectivity index (χ1) is 6.04. The number of ether oxygens (including phenoxy) is 1. The smallest absolute Gasteiger partial charge is 0.401 e. The SMILES string of the molecule is CCCCOC(=O)CO.O=C(O)Cl. The number of halogens is 1. The number of hydrogen-bond acceptors (Lipinski definition) is 4. The highest BCUT2D eigenvalue weighted by atomic mass is 35.5. The Bertz CT molecular complexity index is 144. The standard InChI is InChI=1S/C6H12O3.CHClO2/c1-2-3-4-9-6(8)5-7;2-1(3)4/h7H,2-5H2,1H3;(H,3,4). The Labute approximate surface area is 81.3 Å². The molecule has 0 atom stereocenters. The van der Waals surface area contributed by atoms with Crippen molar-refractivity contribution in [3.05, 3.63) is 0 Å². The Morgan fingerprint density at radius 2 is 1.92 bits per heavy atom. The zero-order valence-electron chi connectivity index (χ0n) is 7.33. The molecule has 0 aliphatic carbocycles. The van der Waals surface area contributed by atoms with Gasteiger partial charge in [-0.25, -0.2) is 9.59 Å². The first kappa shape index (κ1) is 14.7. The first-order valence-electron chi connectivity index (χ1n) is 3.69. The molecule has 13 heavy (non-hydrogen) atoms. The molecule has 0 radical (unpaired) electrons. The number of carboxylic acid groups (broad SMARTS) is 1. The zero-order valence-corrected chi connectivity index (χ0v) is 8.08. The Morgan fingerprint density at radius 3 is 2.23 bits per heavy atom. The average Bonchev–Trinajstić information content (AvgIpc) is 2.03. The monoisotopic (exact) mass is 212 g/mol. The summed E-state index contributed by atoms with van der Waals surface area (Å²) in [6.07, 6.45) is 1.87. The third-order valence-corrected chi connectivity index (χ3v) is 0.890. The van der Waals surface area contributed by atoms with Crippen LogP contribution < -0.4 is 0 Å². The second-order valence-corrected chi connectivity index (χ2v) is 2.31. The molecule has 6 heteroatoms. The van der Waals surface area contributed by atoms with Gasteiger partial charge in [0.1, 0.15) is 6.61 Å². The van der Waals surface area contributed by atoms with Gasteiger partial charge < -0.3 is 14.9 Å². The fraction of sp³-hybridized carbons (Fsp3) is 0.714. The van der Waals surface area contributed by atoms with Crippen LogP contribution in [0.15, 0.2) is 0 Å². The second-order valence-electron chi connectivity index (χ2n) is 1.99. The molecule has 0 saturated heterocycles. The van der Waals surface area contributed by atoms with Gasteiger partial charge >= 0.3 is 11.4 Å². The fourth-order valence-electron chi connectivity index (χ4n) is 0.376. The minimum absolute atomic E-state index is 0.426. The Balaban J connectivity index is 0. The van der Waals surface area contributed by atoms with Gasteiger partial charge in [0, 0.05) is 11.6 Å². The summed E-state index contributed by atoms with van der Waals surface area (Å²) in [6, 6.07) is 0. The number of carbonyl (C=O) groups excluding carboxylic acids is 1. The maximum atomic E-state index is 10.2.